The molecule has 6 nitrogen and oxygen atoms in total. The number of carbonyl (C=O) groups excluding carboxylic acids is 1. The van der Waals surface area contributed by atoms with Gasteiger partial charge in [0.15, 0.2) is 0 Å². The first-order valence-electron chi connectivity index (χ1n) is 11.6. The van der Waals surface area contributed by atoms with Crippen LogP contribution in [0.2, 0.25) is 5.02 Å². The number of nitrogens with zero attached hydrogens (tertiary/aromatic N) is 1. The number of amides is 1. The standard InChI is InChI=1S/C23H31ClN2O4S/c24-18-4-5-20(27)21(10-18)31(29,30)26-6-2-1-3-19(26)14-25-22(28)23-11-15-7-16(12-23)9-17(8-15)13-23/h4-5,10,15-17,19,27H,1-3,6-9,11-14H2,(H,25,28). The maximum Gasteiger partial charge on any atom is 0.247 e. The SMILES string of the molecule is O=C(NCC1CCCCN1S(=O)(=O)c1cc(Cl)ccc1O)C12CC3CC(CC(C3)C1)C2. The van der Waals surface area contributed by atoms with Crippen molar-refractivity contribution in [3.63, 3.8) is 0 Å². The van der Waals surface area contributed by atoms with Crippen molar-refractivity contribution < 1.29 is 18.3 Å². The first-order valence-corrected chi connectivity index (χ1v) is 13.4. The number of benzene rings is 1. The summed E-state index contributed by atoms with van der Waals surface area (Å²) < 4.78 is 28.1. The number of rotatable bonds is 5. The molecule has 4 aliphatic carbocycles. The summed E-state index contributed by atoms with van der Waals surface area (Å²) in [4.78, 5) is 13.2. The molecule has 5 fully saturated rings. The van der Waals surface area contributed by atoms with Crippen molar-refractivity contribution >= 4 is 27.5 Å². The van der Waals surface area contributed by atoms with Gasteiger partial charge in [-0.2, -0.15) is 4.31 Å². The van der Waals surface area contributed by atoms with Crippen LogP contribution in [0.5, 0.6) is 5.75 Å². The molecule has 1 saturated heterocycles. The van der Waals surface area contributed by atoms with Crippen LogP contribution in [-0.4, -0.2) is 42.9 Å². The molecule has 2 N–H and O–H groups in total. The van der Waals surface area contributed by atoms with Crippen LogP contribution in [0, 0.1) is 23.2 Å². The second kappa shape index (κ2) is 7.92. The predicted octanol–water partition coefficient (Wildman–Crippen LogP) is 3.92. The van der Waals surface area contributed by atoms with Crippen molar-refractivity contribution in [3.8, 4) is 5.75 Å². The van der Waals surface area contributed by atoms with Gasteiger partial charge >= 0.3 is 0 Å². The van der Waals surface area contributed by atoms with Crippen LogP contribution in [0.3, 0.4) is 0 Å². The molecule has 4 saturated carbocycles. The third-order valence-electron chi connectivity index (χ3n) is 8.10. The predicted molar refractivity (Wildman–Crippen MR) is 118 cm³/mol. The minimum absolute atomic E-state index is 0.125. The van der Waals surface area contributed by atoms with E-state index >= 15 is 0 Å². The van der Waals surface area contributed by atoms with Crippen molar-refractivity contribution in [2.75, 3.05) is 13.1 Å². The Balaban J connectivity index is 1.31. The first kappa shape index (κ1) is 21.5. The Morgan fingerprint density at radius 1 is 1.13 bits per heavy atom. The number of piperidine rings is 1. The van der Waals surface area contributed by atoms with E-state index in [-0.39, 0.29) is 33.0 Å². The van der Waals surface area contributed by atoms with Crippen LogP contribution in [0.4, 0.5) is 0 Å². The van der Waals surface area contributed by atoms with E-state index < -0.39 is 10.0 Å². The van der Waals surface area contributed by atoms with Gasteiger partial charge in [0, 0.05) is 29.6 Å². The van der Waals surface area contributed by atoms with Crippen LogP contribution in [0.1, 0.15) is 57.8 Å². The average molecular weight is 467 g/mol. The summed E-state index contributed by atoms with van der Waals surface area (Å²) in [6, 6.07) is 3.76. The summed E-state index contributed by atoms with van der Waals surface area (Å²) in [6.45, 7) is 0.702. The molecule has 1 amide bonds. The lowest BCUT2D eigenvalue weighted by atomic mass is 9.49. The fraction of sp³-hybridized carbons (Fsp3) is 0.696. The molecule has 8 heteroatoms. The number of phenols is 1. The van der Waals surface area contributed by atoms with Gasteiger partial charge < -0.3 is 10.4 Å². The van der Waals surface area contributed by atoms with Crippen LogP contribution >= 0.6 is 11.6 Å². The number of halogens is 1. The molecule has 1 aliphatic heterocycles. The Bertz CT molecular complexity index is 945. The summed E-state index contributed by atoms with van der Waals surface area (Å²) in [5.74, 6) is 1.89. The lowest BCUT2D eigenvalue weighted by Gasteiger charge is -2.55. The molecule has 1 unspecified atom stereocenters. The number of hydrogen-bond acceptors (Lipinski definition) is 4. The van der Waals surface area contributed by atoms with Crippen LogP contribution in [0.15, 0.2) is 23.1 Å². The zero-order valence-electron chi connectivity index (χ0n) is 17.7. The number of phenolic OH excluding ortho intramolecular Hbond substituents is 1. The summed E-state index contributed by atoms with van der Waals surface area (Å²) in [5.41, 5.74) is -0.238. The van der Waals surface area contributed by atoms with Gasteiger partial charge in [0.25, 0.3) is 0 Å². The molecule has 5 aliphatic rings. The zero-order chi connectivity index (χ0) is 21.8. The molecule has 0 radical (unpaired) electrons. The second-order valence-electron chi connectivity index (χ2n) is 10.3. The topological polar surface area (TPSA) is 86.7 Å². The van der Waals surface area contributed by atoms with E-state index in [1.54, 1.807) is 0 Å². The van der Waals surface area contributed by atoms with E-state index in [9.17, 15) is 18.3 Å². The third kappa shape index (κ3) is 3.87. The van der Waals surface area contributed by atoms with Crippen LogP contribution < -0.4 is 5.32 Å². The summed E-state index contributed by atoms with van der Waals surface area (Å²) in [5, 5.41) is 13.6. The van der Waals surface area contributed by atoms with Gasteiger partial charge in [0.2, 0.25) is 15.9 Å². The van der Waals surface area contributed by atoms with Gasteiger partial charge in [-0.25, -0.2) is 8.42 Å². The lowest BCUT2D eigenvalue weighted by molar-refractivity contribution is -0.146. The quantitative estimate of drug-likeness (QED) is 0.688. The summed E-state index contributed by atoms with van der Waals surface area (Å²) in [7, 11) is -3.91. The van der Waals surface area contributed by atoms with E-state index in [0.717, 1.165) is 32.1 Å². The number of sulfonamides is 1. The highest BCUT2D eigenvalue weighted by Gasteiger charge is 2.54. The van der Waals surface area contributed by atoms with E-state index in [4.69, 9.17) is 11.6 Å². The average Bonchev–Trinajstić information content (AvgIpc) is 2.73. The van der Waals surface area contributed by atoms with E-state index in [2.05, 4.69) is 5.32 Å². The highest BCUT2D eigenvalue weighted by molar-refractivity contribution is 7.89. The first-order chi connectivity index (χ1) is 14.8. The van der Waals surface area contributed by atoms with E-state index in [1.807, 2.05) is 0 Å². The molecule has 1 aromatic rings. The molecular formula is C23H31ClN2O4S. The largest absolute Gasteiger partial charge is 0.507 e. The minimum Gasteiger partial charge on any atom is -0.507 e. The van der Waals surface area contributed by atoms with E-state index in [1.165, 1.54) is 41.8 Å². The fourth-order valence-corrected chi connectivity index (χ4v) is 9.14. The molecular weight excluding hydrogens is 436 g/mol. The normalized spacial score (nSPS) is 35.3. The van der Waals surface area contributed by atoms with Gasteiger partial charge in [-0.3, -0.25) is 4.79 Å². The van der Waals surface area contributed by atoms with Crippen molar-refractivity contribution in [2.24, 2.45) is 23.2 Å². The highest BCUT2D eigenvalue weighted by Crippen LogP contribution is 2.60. The number of nitrogens with one attached hydrogen (secondary N) is 1. The second-order valence-corrected chi connectivity index (χ2v) is 12.6. The Morgan fingerprint density at radius 3 is 2.42 bits per heavy atom. The molecule has 4 bridgehead atoms. The van der Waals surface area contributed by atoms with Crippen molar-refractivity contribution in [1.82, 2.24) is 9.62 Å². The van der Waals surface area contributed by atoms with Gasteiger partial charge in [0.05, 0.1) is 0 Å². The summed E-state index contributed by atoms with van der Waals surface area (Å²) in [6.07, 6.45) is 9.21. The zero-order valence-corrected chi connectivity index (χ0v) is 19.3. The highest BCUT2D eigenvalue weighted by atomic mass is 35.5. The van der Waals surface area contributed by atoms with Gasteiger partial charge in [-0.1, -0.05) is 18.0 Å². The molecule has 31 heavy (non-hydrogen) atoms. The Kier molecular flexibility index (Phi) is 5.50. The van der Waals surface area contributed by atoms with Gasteiger partial charge in [-0.05, 0) is 87.3 Å². The Morgan fingerprint density at radius 2 is 1.77 bits per heavy atom. The Labute approximate surface area is 189 Å². The smallest absolute Gasteiger partial charge is 0.247 e. The molecule has 1 atom stereocenters. The molecule has 0 aromatic heterocycles. The maximum absolute atomic E-state index is 13.3. The number of hydrogen-bond donors (Lipinski definition) is 2. The summed E-state index contributed by atoms with van der Waals surface area (Å²) >= 11 is 6.00. The fourth-order valence-electron chi connectivity index (χ4n) is 7.10. The maximum atomic E-state index is 13.3. The van der Waals surface area contributed by atoms with Crippen molar-refractivity contribution in [2.45, 2.75) is 68.7 Å². The Hall–Kier alpha value is -1.31. The molecule has 1 heterocycles. The molecule has 1 aromatic carbocycles. The van der Waals surface area contributed by atoms with E-state index in [0.29, 0.717) is 37.3 Å². The monoisotopic (exact) mass is 466 g/mol. The minimum atomic E-state index is -3.91. The van der Waals surface area contributed by atoms with Gasteiger partial charge in [-0.15, -0.1) is 0 Å². The van der Waals surface area contributed by atoms with Gasteiger partial charge in [0.1, 0.15) is 10.6 Å². The third-order valence-corrected chi connectivity index (χ3v) is 10.3. The molecule has 0 spiro atoms. The van der Waals surface area contributed by atoms with Crippen molar-refractivity contribution in [3.05, 3.63) is 23.2 Å². The van der Waals surface area contributed by atoms with Crippen molar-refractivity contribution in [1.29, 1.82) is 0 Å². The number of carbonyl (C=O) groups is 1. The lowest BCUT2D eigenvalue weighted by Crippen LogP contribution is -2.56. The van der Waals surface area contributed by atoms with Crippen LogP contribution in [0.25, 0.3) is 0 Å². The number of aromatic hydroxyl groups is 1. The van der Waals surface area contributed by atoms with Crippen LogP contribution in [-0.2, 0) is 14.8 Å². The molecule has 6 rings (SSSR count). The molecule has 170 valence electrons.